The van der Waals surface area contributed by atoms with Gasteiger partial charge in [-0.2, -0.15) is 0 Å². The molecule has 0 aliphatic heterocycles. The van der Waals surface area contributed by atoms with E-state index in [9.17, 15) is 4.39 Å². The van der Waals surface area contributed by atoms with Crippen LogP contribution >= 0.6 is 0 Å². The van der Waals surface area contributed by atoms with Crippen LogP contribution in [0.25, 0.3) is 22.2 Å². The van der Waals surface area contributed by atoms with Crippen LogP contribution in [0.3, 0.4) is 0 Å². The first kappa shape index (κ1) is 24.3. The summed E-state index contributed by atoms with van der Waals surface area (Å²) in [6.07, 6.45) is 7.41. The number of nitrogens with zero attached hydrogens (tertiary/aromatic N) is 3. The van der Waals surface area contributed by atoms with Crippen molar-refractivity contribution in [2.75, 3.05) is 5.32 Å². The number of aryl methyl sites for hydroxylation is 1. The summed E-state index contributed by atoms with van der Waals surface area (Å²) in [6.45, 7) is 10.3. The van der Waals surface area contributed by atoms with Gasteiger partial charge in [0.2, 0.25) is 5.95 Å². The van der Waals surface area contributed by atoms with E-state index in [0.29, 0.717) is 11.6 Å². The second-order valence-corrected chi connectivity index (χ2v) is 8.93. The number of allylic oxidation sites excluding steroid dienone is 1. The number of ether oxygens (including phenoxy) is 1. The van der Waals surface area contributed by atoms with Crippen LogP contribution in [0.15, 0.2) is 73.1 Å². The van der Waals surface area contributed by atoms with E-state index in [1.807, 2.05) is 38.1 Å². The van der Waals surface area contributed by atoms with E-state index in [4.69, 9.17) is 4.74 Å². The highest BCUT2D eigenvalue weighted by atomic mass is 19.1. The molecule has 0 saturated carbocycles. The number of anilines is 2. The molecule has 180 valence electrons. The van der Waals surface area contributed by atoms with Crippen molar-refractivity contribution < 1.29 is 9.13 Å². The van der Waals surface area contributed by atoms with Gasteiger partial charge in [0.15, 0.2) is 0 Å². The van der Waals surface area contributed by atoms with Gasteiger partial charge in [0.25, 0.3) is 0 Å². The Labute approximate surface area is 206 Å². The predicted molar refractivity (Wildman–Crippen MR) is 141 cm³/mol. The molecule has 0 fully saturated rings. The van der Waals surface area contributed by atoms with Crippen LogP contribution in [-0.2, 0) is 0 Å². The summed E-state index contributed by atoms with van der Waals surface area (Å²) in [6, 6.07) is 14.2. The second-order valence-electron chi connectivity index (χ2n) is 8.93. The summed E-state index contributed by atoms with van der Waals surface area (Å²) in [7, 11) is 0. The zero-order valence-electron chi connectivity index (χ0n) is 20.5. The fraction of sp³-hybridized carbons (Fsp3) is 0.276. The summed E-state index contributed by atoms with van der Waals surface area (Å²) in [5.74, 6) is 0.816. The number of halogens is 1. The fourth-order valence-corrected chi connectivity index (χ4v) is 4.04. The van der Waals surface area contributed by atoms with Gasteiger partial charge in [0.1, 0.15) is 11.6 Å². The minimum Gasteiger partial charge on any atom is -0.490 e. The molecule has 6 heteroatoms. The topological polar surface area (TPSA) is 59.9 Å². The zero-order valence-corrected chi connectivity index (χ0v) is 20.5. The SMILES string of the molecule is C=C(C)CCC(CCC)Oc1cc2nc(Nc3cccc(F)c3)ncc2cc1-c1ncccc1C. The zero-order chi connectivity index (χ0) is 24.8. The van der Waals surface area contributed by atoms with Crippen molar-refractivity contribution in [1.29, 1.82) is 0 Å². The Bertz CT molecular complexity index is 1340. The van der Waals surface area contributed by atoms with Crippen LogP contribution in [0.4, 0.5) is 16.0 Å². The van der Waals surface area contributed by atoms with Gasteiger partial charge in [-0.25, -0.2) is 14.4 Å². The molecule has 0 saturated heterocycles. The van der Waals surface area contributed by atoms with Crippen molar-refractivity contribution in [3.8, 4) is 17.0 Å². The first-order valence-corrected chi connectivity index (χ1v) is 12.0. The number of benzene rings is 2. The molecule has 2 aromatic carbocycles. The van der Waals surface area contributed by atoms with Crippen molar-refractivity contribution in [3.05, 3.63) is 84.5 Å². The van der Waals surface area contributed by atoms with Gasteiger partial charge in [0.05, 0.1) is 17.3 Å². The maximum absolute atomic E-state index is 13.6. The summed E-state index contributed by atoms with van der Waals surface area (Å²) < 4.78 is 20.2. The molecule has 35 heavy (non-hydrogen) atoms. The highest BCUT2D eigenvalue weighted by Gasteiger charge is 2.18. The smallest absolute Gasteiger partial charge is 0.227 e. The van der Waals surface area contributed by atoms with Gasteiger partial charge in [-0.15, -0.1) is 6.58 Å². The highest BCUT2D eigenvalue weighted by Crippen LogP contribution is 2.36. The van der Waals surface area contributed by atoms with Crippen molar-refractivity contribution in [2.24, 2.45) is 0 Å². The Morgan fingerprint density at radius 2 is 1.97 bits per heavy atom. The number of pyridine rings is 1. The van der Waals surface area contributed by atoms with Crippen molar-refractivity contribution in [1.82, 2.24) is 15.0 Å². The molecule has 2 heterocycles. The lowest BCUT2D eigenvalue weighted by atomic mass is 10.0. The van der Waals surface area contributed by atoms with Gasteiger partial charge >= 0.3 is 0 Å². The third-order valence-electron chi connectivity index (χ3n) is 5.82. The predicted octanol–water partition coefficient (Wildman–Crippen LogP) is 7.79. The summed E-state index contributed by atoms with van der Waals surface area (Å²) >= 11 is 0. The maximum Gasteiger partial charge on any atom is 0.227 e. The van der Waals surface area contributed by atoms with Crippen LogP contribution in [0.5, 0.6) is 5.75 Å². The van der Waals surface area contributed by atoms with Crippen LogP contribution < -0.4 is 10.1 Å². The molecule has 0 amide bonds. The number of hydrogen-bond acceptors (Lipinski definition) is 5. The molecular weight excluding hydrogens is 439 g/mol. The molecule has 4 rings (SSSR count). The lowest BCUT2D eigenvalue weighted by Gasteiger charge is -2.22. The molecule has 1 N–H and O–H groups in total. The first-order chi connectivity index (χ1) is 16.9. The standard InChI is InChI=1S/C29H31FN4O/c1-5-8-24(13-12-19(2)3)35-27-17-26-21(15-25(27)28-20(4)9-7-14-31-28)18-32-29(34-26)33-23-11-6-10-22(30)16-23/h6-7,9-11,14-18,24H,2,5,8,12-13H2,1,3-4H3,(H,32,33,34). The second kappa shape index (κ2) is 11.1. The number of aromatic nitrogens is 3. The van der Waals surface area contributed by atoms with Gasteiger partial charge in [-0.1, -0.05) is 31.1 Å². The maximum atomic E-state index is 13.6. The lowest BCUT2D eigenvalue weighted by Crippen LogP contribution is -2.17. The molecule has 4 aromatic rings. The van der Waals surface area contributed by atoms with E-state index >= 15 is 0 Å². The molecule has 0 radical (unpaired) electrons. The van der Waals surface area contributed by atoms with Crippen LogP contribution in [0, 0.1) is 12.7 Å². The largest absolute Gasteiger partial charge is 0.490 e. The Morgan fingerprint density at radius 1 is 1.11 bits per heavy atom. The van der Waals surface area contributed by atoms with Gasteiger partial charge in [0, 0.05) is 35.1 Å². The molecule has 1 unspecified atom stereocenters. The Kier molecular flexibility index (Phi) is 7.70. The van der Waals surface area contributed by atoms with E-state index in [1.54, 1.807) is 24.5 Å². The molecule has 2 aromatic heterocycles. The highest BCUT2D eigenvalue weighted by molar-refractivity contribution is 5.88. The Hall–Kier alpha value is -3.80. The molecule has 0 spiro atoms. The summed E-state index contributed by atoms with van der Waals surface area (Å²) in [4.78, 5) is 13.8. The lowest BCUT2D eigenvalue weighted by molar-refractivity contribution is 0.181. The number of hydrogen-bond donors (Lipinski definition) is 1. The van der Waals surface area contributed by atoms with Gasteiger partial charge in [-0.05, 0) is 69.0 Å². The molecule has 0 aliphatic carbocycles. The molecule has 0 bridgehead atoms. The minimum atomic E-state index is -0.321. The van der Waals surface area contributed by atoms with E-state index in [1.165, 1.54) is 12.1 Å². The summed E-state index contributed by atoms with van der Waals surface area (Å²) in [5.41, 5.74) is 5.33. The minimum absolute atomic E-state index is 0.0589. The average molecular weight is 471 g/mol. The molecular formula is C29H31FN4O. The molecule has 5 nitrogen and oxygen atoms in total. The third kappa shape index (κ3) is 6.21. The van der Waals surface area contributed by atoms with E-state index in [2.05, 4.69) is 33.8 Å². The summed E-state index contributed by atoms with van der Waals surface area (Å²) in [5, 5.41) is 3.95. The van der Waals surface area contributed by atoms with Crippen molar-refractivity contribution in [3.63, 3.8) is 0 Å². The number of fused-ring (bicyclic) bond motifs is 1. The van der Waals surface area contributed by atoms with Crippen LogP contribution in [-0.4, -0.2) is 21.1 Å². The third-order valence-corrected chi connectivity index (χ3v) is 5.82. The fourth-order valence-electron chi connectivity index (χ4n) is 4.04. The van der Waals surface area contributed by atoms with E-state index in [0.717, 1.165) is 64.7 Å². The van der Waals surface area contributed by atoms with Crippen molar-refractivity contribution in [2.45, 2.75) is 52.6 Å². The monoisotopic (exact) mass is 470 g/mol. The normalized spacial score (nSPS) is 11.9. The van der Waals surface area contributed by atoms with Gasteiger partial charge in [-0.3, -0.25) is 4.98 Å². The quantitative estimate of drug-likeness (QED) is 0.240. The van der Waals surface area contributed by atoms with Gasteiger partial charge < -0.3 is 10.1 Å². The average Bonchev–Trinajstić information content (AvgIpc) is 2.83. The van der Waals surface area contributed by atoms with Crippen LogP contribution in [0.2, 0.25) is 0 Å². The van der Waals surface area contributed by atoms with E-state index < -0.39 is 0 Å². The van der Waals surface area contributed by atoms with E-state index in [-0.39, 0.29) is 11.9 Å². The van der Waals surface area contributed by atoms with Crippen molar-refractivity contribution >= 4 is 22.5 Å². The number of nitrogens with one attached hydrogen (secondary N) is 1. The first-order valence-electron chi connectivity index (χ1n) is 12.0. The molecule has 0 aliphatic rings. The molecule has 1 atom stereocenters. The Balaban J connectivity index is 1.75. The number of rotatable bonds is 10. The van der Waals surface area contributed by atoms with Crippen LogP contribution in [0.1, 0.15) is 45.1 Å². The Morgan fingerprint density at radius 3 is 2.71 bits per heavy atom.